The zero-order chi connectivity index (χ0) is 20.9. The number of benzene rings is 2. The number of ether oxygens (including phenoxy) is 1. The number of nitrogens with zero attached hydrogens (tertiary/aromatic N) is 1. The van der Waals surface area contributed by atoms with E-state index in [1.807, 2.05) is 0 Å². The molecule has 6 nitrogen and oxygen atoms in total. The lowest BCUT2D eigenvalue weighted by Gasteiger charge is -2.34. The van der Waals surface area contributed by atoms with Gasteiger partial charge in [0.1, 0.15) is 11.6 Å². The summed E-state index contributed by atoms with van der Waals surface area (Å²) in [6.07, 6.45) is -0.928. The maximum absolute atomic E-state index is 13.6. The Morgan fingerprint density at radius 3 is 2.72 bits per heavy atom. The molecule has 3 rings (SSSR count). The largest absolute Gasteiger partial charge is 0.476 e. The molecule has 1 aliphatic heterocycles. The van der Waals surface area contributed by atoms with Crippen LogP contribution in [0.2, 0.25) is 0 Å². The summed E-state index contributed by atoms with van der Waals surface area (Å²) in [5.41, 5.74) is 1.07. The average molecular weight is 439 g/mol. The Labute approximate surface area is 174 Å². The van der Waals surface area contributed by atoms with Gasteiger partial charge in [-0.2, -0.15) is 11.8 Å². The molecule has 2 aromatic rings. The summed E-state index contributed by atoms with van der Waals surface area (Å²) in [4.78, 5) is 12.5. The number of para-hydroxylation sites is 2. The lowest BCUT2D eigenvalue weighted by Crippen LogP contribution is -2.51. The molecule has 0 saturated carbocycles. The fraction of sp³-hybridized carbons (Fsp3) is 0.350. The summed E-state index contributed by atoms with van der Waals surface area (Å²) in [5, 5.41) is 2.77. The van der Waals surface area contributed by atoms with Crippen LogP contribution in [0, 0.1) is 5.82 Å². The van der Waals surface area contributed by atoms with Crippen molar-refractivity contribution in [3.8, 4) is 5.75 Å². The fourth-order valence-corrected chi connectivity index (χ4v) is 4.89. The van der Waals surface area contributed by atoms with E-state index in [4.69, 9.17) is 4.74 Å². The molecule has 9 heteroatoms. The Bertz CT molecular complexity index is 968. The van der Waals surface area contributed by atoms with Gasteiger partial charge in [-0.1, -0.05) is 30.3 Å². The van der Waals surface area contributed by atoms with E-state index in [0.717, 1.165) is 0 Å². The minimum absolute atomic E-state index is 0.0671. The number of anilines is 1. The molecule has 1 atom stereocenters. The predicted molar refractivity (Wildman–Crippen MR) is 113 cm³/mol. The van der Waals surface area contributed by atoms with E-state index in [9.17, 15) is 17.6 Å². The first-order valence-corrected chi connectivity index (χ1v) is 12.0. The number of hydrogen-bond donors (Lipinski definition) is 1. The topological polar surface area (TPSA) is 75.7 Å². The van der Waals surface area contributed by atoms with Gasteiger partial charge in [0.25, 0.3) is 5.91 Å². The van der Waals surface area contributed by atoms with Crippen LogP contribution < -0.4 is 14.4 Å². The number of hydrogen-bond acceptors (Lipinski definition) is 5. The highest BCUT2D eigenvalue weighted by Gasteiger charge is 2.35. The highest BCUT2D eigenvalue weighted by atomic mass is 32.2. The Hall–Kier alpha value is -2.26. The van der Waals surface area contributed by atoms with Gasteiger partial charge in [-0.3, -0.25) is 9.10 Å². The number of amides is 1. The molecule has 0 aliphatic carbocycles. The molecule has 0 bridgehead atoms. The fourth-order valence-electron chi connectivity index (χ4n) is 2.92. The average Bonchev–Trinajstić information content (AvgIpc) is 2.73. The molecule has 1 aliphatic rings. The summed E-state index contributed by atoms with van der Waals surface area (Å²) < 4.78 is 45.5. The van der Waals surface area contributed by atoms with E-state index in [-0.39, 0.29) is 24.0 Å². The number of fused-ring (bicyclic) bond motifs is 1. The molecule has 2 aromatic carbocycles. The normalized spacial score (nSPS) is 16.1. The van der Waals surface area contributed by atoms with Gasteiger partial charge in [0.15, 0.2) is 6.10 Å². The molecule has 0 spiro atoms. The van der Waals surface area contributed by atoms with Gasteiger partial charge >= 0.3 is 0 Å². The van der Waals surface area contributed by atoms with Crippen molar-refractivity contribution in [3.05, 3.63) is 59.9 Å². The second kappa shape index (κ2) is 9.49. The van der Waals surface area contributed by atoms with E-state index in [1.54, 1.807) is 49.4 Å². The number of sulfonamides is 1. The van der Waals surface area contributed by atoms with E-state index in [2.05, 4.69) is 5.32 Å². The van der Waals surface area contributed by atoms with Crippen LogP contribution in [-0.4, -0.2) is 45.0 Å². The van der Waals surface area contributed by atoms with Crippen molar-refractivity contribution < 1.29 is 22.3 Å². The Balaban J connectivity index is 1.55. The number of rotatable bonds is 8. The number of halogens is 1. The third-order valence-corrected chi connectivity index (χ3v) is 7.24. The smallest absolute Gasteiger partial charge is 0.263 e. The van der Waals surface area contributed by atoms with Crippen LogP contribution in [-0.2, 0) is 20.6 Å². The van der Waals surface area contributed by atoms with Gasteiger partial charge in [-0.15, -0.1) is 0 Å². The van der Waals surface area contributed by atoms with Crippen molar-refractivity contribution in [2.75, 3.05) is 28.9 Å². The second-order valence-electron chi connectivity index (χ2n) is 6.44. The van der Waals surface area contributed by atoms with E-state index >= 15 is 0 Å². The van der Waals surface area contributed by atoms with Crippen LogP contribution in [0.3, 0.4) is 0 Å². The van der Waals surface area contributed by atoms with Crippen molar-refractivity contribution >= 4 is 33.4 Å². The highest BCUT2D eigenvalue weighted by molar-refractivity contribution is 7.98. The Morgan fingerprint density at radius 1 is 1.24 bits per heavy atom. The second-order valence-corrected chi connectivity index (χ2v) is 9.73. The monoisotopic (exact) mass is 438 g/mol. The van der Waals surface area contributed by atoms with Gasteiger partial charge < -0.3 is 10.1 Å². The predicted octanol–water partition coefficient (Wildman–Crippen LogP) is 2.79. The first-order valence-electron chi connectivity index (χ1n) is 9.27. The zero-order valence-corrected chi connectivity index (χ0v) is 17.6. The molecule has 1 heterocycles. The van der Waals surface area contributed by atoms with Crippen LogP contribution >= 0.6 is 11.8 Å². The maximum atomic E-state index is 13.6. The van der Waals surface area contributed by atoms with E-state index < -0.39 is 16.1 Å². The first kappa shape index (κ1) is 21.4. The zero-order valence-electron chi connectivity index (χ0n) is 16.0. The molecule has 1 amide bonds. The minimum atomic E-state index is -3.53. The van der Waals surface area contributed by atoms with Crippen molar-refractivity contribution in [2.45, 2.75) is 18.8 Å². The lowest BCUT2D eigenvalue weighted by molar-refractivity contribution is -0.127. The van der Waals surface area contributed by atoms with Crippen LogP contribution in [0.5, 0.6) is 5.75 Å². The minimum Gasteiger partial charge on any atom is -0.476 e. The van der Waals surface area contributed by atoms with Crippen LogP contribution in [0.4, 0.5) is 10.1 Å². The molecule has 0 radical (unpaired) electrons. The standard InChI is InChI=1S/C20H23FN2O4S2/c1-2-29(25,26)23-13-19(27-18-10-6-5-9-17(18)23)20(24)22-11-12-28-14-15-7-3-4-8-16(15)21/h3-10,19H,2,11-14H2,1H3,(H,22,24)/t19-/m1/s1. The molecule has 156 valence electrons. The summed E-state index contributed by atoms with van der Waals surface area (Å²) >= 11 is 1.50. The molecular formula is C20H23FN2O4S2. The quantitative estimate of drug-likeness (QED) is 0.642. The van der Waals surface area contributed by atoms with Crippen molar-refractivity contribution in [1.29, 1.82) is 0 Å². The van der Waals surface area contributed by atoms with Gasteiger partial charge in [0.2, 0.25) is 10.0 Å². The molecule has 0 saturated heterocycles. The third-order valence-electron chi connectivity index (χ3n) is 4.49. The van der Waals surface area contributed by atoms with Crippen LogP contribution in [0.1, 0.15) is 12.5 Å². The highest BCUT2D eigenvalue weighted by Crippen LogP contribution is 2.35. The van der Waals surface area contributed by atoms with Crippen molar-refractivity contribution in [3.63, 3.8) is 0 Å². The van der Waals surface area contributed by atoms with E-state index in [0.29, 0.717) is 35.1 Å². The first-order chi connectivity index (χ1) is 13.9. The number of nitrogens with one attached hydrogen (secondary N) is 1. The van der Waals surface area contributed by atoms with Crippen LogP contribution in [0.25, 0.3) is 0 Å². The Morgan fingerprint density at radius 2 is 1.97 bits per heavy atom. The van der Waals surface area contributed by atoms with E-state index in [1.165, 1.54) is 22.1 Å². The van der Waals surface area contributed by atoms with Gasteiger partial charge in [0, 0.05) is 18.1 Å². The van der Waals surface area contributed by atoms with Crippen molar-refractivity contribution in [2.24, 2.45) is 0 Å². The Kier molecular flexibility index (Phi) is 7.02. The summed E-state index contributed by atoms with van der Waals surface area (Å²) in [6.45, 7) is 1.87. The SMILES string of the molecule is CCS(=O)(=O)N1C[C@H](C(=O)NCCSCc2ccccc2F)Oc2ccccc21. The van der Waals surface area contributed by atoms with Crippen molar-refractivity contribution in [1.82, 2.24) is 5.32 Å². The summed E-state index contributed by atoms with van der Waals surface area (Å²) in [6, 6.07) is 13.4. The number of thioether (sulfide) groups is 1. The number of carbonyl (C=O) groups excluding carboxylic acids is 1. The third kappa shape index (κ3) is 5.22. The molecule has 0 aromatic heterocycles. The maximum Gasteiger partial charge on any atom is 0.263 e. The number of carbonyl (C=O) groups is 1. The molecule has 0 fully saturated rings. The summed E-state index contributed by atoms with van der Waals surface area (Å²) in [7, 11) is -3.53. The molecular weight excluding hydrogens is 415 g/mol. The summed E-state index contributed by atoms with van der Waals surface area (Å²) in [5.74, 6) is 0.795. The van der Waals surface area contributed by atoms with Crippen LogP contribution in [0.15, 0.2) is 48.5 Å². The molecule has 1 N–H and O–H groups in total. The van der Waals surface area contributed by atoms with Gasteiger partial charge in [-0.05, 0) is 30.7 Å². The van der Waals surface area contributed by atoms with Gasteiger partial charge in [-0.25, -0.2) is 12.8 Å². The molecule has 0 unspecified atom stereocenters. The lowest BCUT2D eigenvalue weighted by atomic mass is 10.2. The van der Waals surface area contributed by atoms with Gasteiger partial charge in [0.05, 0.1) is 18.0 Å². The molecule has 29 heavy (non-hydrogen) atoms.